The minimum Gasteiger partial charge on any atom is -0.372 e. The molecule has 6 nitrogen and oxygen atoms in total. The maximum absolute atomic E-state index is 12.1. The molecule has 1 amide bonds. The zero-order chi connectivity index (χ0) is 19.0. The zero-order valence-electron chi connectivity index (χ0n) is 14.8. The molecule has 1 unspecified atom stereocenters. The predicted octanol–water partition coefficient (Wildman–Crippen LogP) is 3.68. The van der Waals surface area contributed by atoms with Crippen molar-refractivity contribution in [3.8, 4) is 0 Å². The molecule has 0 bridgehead atoms. The topological polar surface area (TPSA) is 81.5 Å². The summed E-state index contributed by atoms with van der Waals surface area (Å²) in [6.07, 6.45) is 3.73. The van der Waals surface area contributed by atoms with E-state index in [0.717, 1.165) is 5.56 Å². The van der Waals surface area contributed by atoms with Crippen LogP contribution in [0.2, 0.25) is 0 Å². The summed E-state index contributed by atoms with van der Waals surface area (Å²) in [4.78, 5) is 22.3. The maximum atomic E-state index is 12.1. The third kappa shape index (κ3) is 4.77. The molecule has 2 aromatic carbocycles. The van der Waals surface area contributed by atoms with Crippen molar-refractivity contribution in [1.82, 2.24) is 5.32 Å². The van der Waals surface area contributed by atoms with E-state index in [2.05, 4.69) is 5.32 Å². The first-order valence-corrected chi connectivity index (χ1v) is 8.32. The number of nitrogens with one attached hydrogen (secondary N) is 1. The smallest absolute Gasteiger partial charge is 0.269 e. The van der Waals surface area contributed by atoms with Gasteiger partial charge in [-0.2, -0.15) is 0 Å². The number of methoxy groups -OCH3 is 1. The van der Waals surface area contributed by atoms with Crippen LogP contribution in [0.15, 0.2) is 60.7 Å². The van der Waals surface area contributed by atoms with Gasteiger partial charge in [0.25, 0.3) is 5.69 Å². The Morgan fingerprint density at radius 1 is 1.19 bits per heavy atom. The number of hydrogen-bond acceptors (Lipinski definition) is 4. The lowest BCUT2D eigenvalue weighted by molar-refractivity contribution is -0.384. The van der Waals surface area contributed by atoms with Crippen LogP contribution >= 0.6 is 0 Å². The van der Waals surface area contributed by atoms with E-state index in [4.69, 9.17) is 4.74 Å². The number of non-ortho nitro benzene ring substituents is 1. The Bertz CT molecular complexity index is 766. The molecule has 136 valence electrons. The number of nitro benzene ring substituents is 1. The Morgan fingerprint density at radius 3 is 2.38 bits per heavy atom. The van der Waals surface area contributed by atoms with Crippen molar-refractivity contribution in [3.63, 3.8) is 0 Å². The highest BCUT2D eigenvalue weighted by molar-refractivity contribution is 5.91. The van der Waals surface area contributed by atoms with E-state index in [0.29, 0.717) is 18.5 Å². The lowest BCUT2D eigenvalue weighted by Gasteiger charge is -2.32. The van der Waals surface area contributed by atoms with E-state index in [1.165, 1.54) is 18.2 Å². The van der Waals surface area contributed by atoms with E-state index in [9.17, 15) is 14.9 Å². The molecule has 2 rings (SSSR count). The first-order valence-electron chi connectivity index (χ1n) is 8.32. The number of carbonyl (C=O) groups is 1. The molecule has 0 saturated heterocycles. The Kier molecular flexibility index (Phi) is 6.63. The normalized spacial score (nSPS) is 13.3. The predicted molar refractivity (Wildman–Crippen MR) is 101 cm³/mol. The van der Waals surface area contributed by atoms with E-state index >= 15 is 0 Å². The van der Waals surface area contributed by atoms with Crippen molar-refractivity contribution in [2.75, 3.05) is 13.7 Å². The van der Waals surface area contributed by atoms with Gasteiger partial charge in [0.15, 0.2) is 0 Å². The number of benzene rings is 2. The summed E-state index contributed by atoms with van der Waals surface area (Å²) in [5, 5.41) is 13.5. The summed E-state index contributed by atoms with van der Waals surface area (Å²) in [7, 11) is 1.63. The third-order valence-electron chi connectivity index (χ3n) is 4.34. The van der Waals surface area contributed by atoms with Crippen molar-refractivity contribution >= 4 is 17.7 Å². The fourth-order valence-electron chi connectivity index (χ4n) is 2.68. The molecule has 0 radical (unpaired) electrons. The summed E-state index contributed by atoms with van der Waals surface area (Å²) in [6.45, 7) is 2.35. The van der Waals surface area contributed by atoms with Gasteiger partial charge in [-0.25, -0.2) is 0 Å². The van der Waals surface area contributed by atoms with Crippen molar-refractivity contribution < 1.29 is 14.5 Å². The molecule has 0 aliphatic rings. The minimum atomic E-state index is -0.585. The van der Waals surface area contributed by atoms with Gasteiger partial charge in [-0.1, -0.05) is 37.3 Å². The fraction of sp³-hybridized carbons (Fsp3) is 0.250. The lowest BCUT2D eigenvalue weighted by Crippen LogP contribution is -2.41. The molecular formula is C20H22N2O4. The zero-order valence-corrected chi connectivity index (χ0v) is 14.8. The molecule has 0 fully saturated rings. The molecule has 0 aromatic heterocycles. The van der Waals surface area contributed by atoms with Crippen LogP contribution in [-0.2, 0) is 15.1 Å². The number of nitro groups is 1. The standard InChI is InChI=1S/C20H22N2O4/c1-3-20(26-2,17-7-5-4-6-8-17)15-21-19(23)14-11-16-9-12-18(13-10-16)22(24)25/h4-14H,3,15H2,1-2H3,(H,21,23)/b14-11+. The van der Waals surface area contributed by atoms with Crippen LogP contribution in [0.25, 0.3) is 6.08 Å². The van der Waals surface area contributed by atoms with Gasteiger partial charge in [0.05, 0.1) is 11.5 Å². The fourth-order valence-corrected chi connectivity index (χ4v) is 2.68. The summed E-state index contributed by atoms with van der Waals surface area (Å²) >= 11 is 0. The number of nitrogens with zero attached hydrogens (tertiary/aromatic N) is 1. The second-order valence-corrected chi connectivity index (χ2v) is 5.82. The number of amides is 1. The molecule has 1 atom stereocenters. The van der Waals surface area contributed by atoms with E-state index in [1.54, 1.807) is 25.3 Å². The van der Waals surface area contributed by atoms with E-state index in [1.807, 2.05) is 37.3 Å². The Morgan fingerprint density at radius 2 is 1.85 bits per heavy atom. The molecule has 0 spiro atoms. The van der Waals surface area contributed by atoms with E-state index < -0.39 is 10.5 Å². The third-order valence-corrected chi connectivity index (χ3v) is 4.34. The summed E-state index contributed by atoms with van der Waals surface area (Å²) in [6, 6.07) is 15.8. The van der Waals surface area contributed by atoms with Crippen LogP contribution in [0.5, 0.6) is 0 Å². The molecule has 6 heteroatoms. The highest BCUT2D eigenvalue weighted by atomic mass is 16.6. The van der Waals surface area contributed by atoms with Crippen LogP contribution in [-0.4, -0.2) is 24.5 Å². The first kappa shape index (κ1) is 19.3. The van der Waals surface area contributed by atoms with Crippen LogP contribution < -0.4 is 5.32 Å². The van der Waals surface area contributed by atoms with Gasteiger partial charge in [-0.3, -0.25) is 14.9 Å². The summed E-state index contributed by atoms with van der Waals surface area (Å²) in [5.41, 5.74) is 1.15. The van der Waals surface area contributed by atoms with Gasteiger partial charge in [0.1, 0.15) is 5.60 Å². The van der Waals surface area contributed by atoms with Crippen molar-refractivity contribution in [1.29, 1.82) is 0 Å². The summed E-state index contributed by atoms with van der Waals surface area (Å²) < 4.78 is 5.72. The largest absolute Gasteiger partial charge is 0.372 e. The molecule has 26 heavy (non-hydrogen) atoms. The average Bonchev–Trinajstić information content (AvgIpc) is 2.68. The molecule has 1 N–H and O–H groups in total. The quantitative estimate of drug-likeness (QED) is 0.445. The molecule has 2 aromatic rings. The number of hydrogen-bond donors (Lipinski definition) is 1. The second kappa shape index (κ2) is 8.92. The molecular weight excluding hydrogens is 332 g/mol. The monoisotopic (exact) mass is 354 g/mol. The van der Waals surface area contributed by atoms with Gasteiger partial charge < -0.3 is 10.1 Å². The van der Waals surface area contributed by atoms with Crippen LogP contribution in [0, 0.1) is 10.1 Å². The molecule has 0 aliphatic heterocycles. The van der Waals surface area contributed by atoms with Crippen molar-refractivity contribution in [2.24, 2.45) is 0 Å². The van der Waals surface area contributed by atoms with Crippen LogP contribution in [0.4, 0.5) is 5.69 Å². The highest BCUT2D eigenvalue weighted by Crippen LogP contribution is 2.28. The summed E-state index contributed by atoms with van der Waals surface area (Å²) in [5.74, 6) is -0.255. The minimum absolute atomic E-state index is 0.0160. The van der Waals surface area contributed by atoms with Gasteiger partial charge in [-0.05, 0) is 35.8 Å². The van der Waals surface area contributed by atoms with Crippen LogP contribution in [0.3, 0.4) is 0 Å². The molecule has 0 aliphatic carbocycles. The Hall–Kier alpha value is -2.99. The second-order valence-electron chi connectivity index (χ2n) is 5.82. The van der Waals surface area contributed by atoms with Gasteiger partial charge in [0, 0.05) is 25.3 Å². The maximum Gasteiger partial charge on any atom is 0.269 e. The SMILES string of the molecule is CCC(CNC(=O)/C=C/c1ccc([N+](=O)[O-])cc1)(OC)c1ccccc1. The lowest BCUT2D eigenvalue weighted by atomic mass is 9.90. The number of rotatable bonds is 8. The molecule has 0 heterocycles. The average molecular weight is 354 g/mol. The van der Waals surface area contributed by atoms with Crippen molar-refractivity contribution in [2.45, 2.75) is 18.9 Å². The number of ether oxygens (including phenoxy) is 1. The van der Waals surface area contributed by atoms with Gasteiger partial charge in [0.2, 0.25) is 5.91 Å². The number of carbonyl (C=O) groups excluding carboxylic acids is 1. The Labute approximate surface area is 152 Å². The van der Waals surface area contributed by atoms with E-state index in [-0.39, 0.29) is 11.6 Å². The first-order chi connectivity index (χ1) is 12.5. The highest BCUT2D eigenvalue weighted by Gasteiger charge is 2.30. The van der Waals surface area contributed by atoms with Crippen LogP contribution in [0.1, 0.15) is 24.5 Å². The van der Waals surface area contributed by atoms with Gasteiger partial charge >= 0.3 is 0 Å². The van der Waals surface area contributed by atoms with Crippen molar-refractivity contribution in [3.05, 3.63) is 81.9 Å². The van der Waals surface area contributed by atoms with Gasteiger partial charge in [-0.15, -0.1) is 0 Å². The Balaban J connectivity index is 2.01. The molecule has 0 saturated carbocycles.